The first-order chi connectivity index (χ1) is 7.31. The van der Waals surface area contributed by atoms with Crippen molar-refractivity contribution >= 4 is 27.7 Å². The lowest BCUT2D eigenvalue weighted by molar-refractivity contribution is 0.895. The van der Waals surface area contributed by atoms with Gasteiger partial charge in [-0.25, -0.2) is 4.98 Å². The first-order valence-electron chi connectivity index (χ1n) is 4.73. The minimum Gasteiger partial charge on any atom is -0.295 e. The monoisotopic (exact) mass is 282 g/mol. The van der Waals surface area contributed by atoms with Crippen molar-refractivity contribution in [2.75, 3.05) is 5.75 Å². The van der Waals surface area contributed by atoms with E-state index in [0.29, 0.717) is 0 Å². The molecular formula is C11H11BrN2S. The van der Waals surface area contributed by atoms with Crippen LogP contribution in [-0.2, 0) is 0 Å². The maximum Gasteiger partial charge on any atom is 0.172 e. The van der Waals surface area contributed by atoms with E-state index >= 15 is 0 Å². The third-order valence-corrected chi connectivity index (χ3v) is 3.36. The highest BCUT2D eigenvalue weighted by molar-refractivity contribution is 9.10. The molecule has 0 N–H and O–H groups in total. The Kier molecular flexibility index (Phi) is 3.49. The summed E-state index contributed by atoms with van der Waals surface area (Å²) in [6.45, 7) is 2.13. The van der Waals surface area contributed by atoms with Gasteiger partial charge in [-0.1, -0.05) is 34.6 Å². The van der Waals surface area contributed by atoms with E-state index in [0.717, 1.165) is 21.1 Å². The molecule has 0 aliphatic heterocycles. The molecule has 78 valence electrons. The van der Waals surface area contributed by atoms with Gasteiger partial charge in [0.1, 0.15) is 0 Å². The minimum absolute atomic E-state index is 1.04. The van der Waals surface area contributed by atoms with E-state index in [4.69, 9.17) is 0 Å². The van der Waals surface area contributed by atoms with Crippen LogP contribution in [0.2, 0.25) is 0 Å². The number of imidazole rings is 1. The van der Waals surface area contributed by atoms with Crippen molar-refractivity contribution in [1.82, 2.24) is 9.55 Å². The molecule has 0 unspecified atom stereocenters. The first kappa shape index (κ1) is 10.8. The predicted molar refractivity (Wildman–Crippen MR) is 67.7 cm³/mol. The molecule has 0 bridgehead atoms. The van der Waals surface area contributed by atoms with Crippen LogP contribution in [0, 0.1) is 0 Å². The number of benzene rings is 1. The predicted octanol–water partition coefficient (Wildman–Crippen LogP) is 3.75. The second-order valence-electron chi connectivity index (χ2n) is 2.99. The quantitative estimate of drug-likeness (QED) is 0.798. The van der Waals surface area contributed by atoms with Crippen LogP contribution in [0.5, 0.6) is 0 Å². The fraction of sp³-hybridized carbons (Fsp3) is 0.182. The molecule has 0 aliphatic carbocycles. The van der Waals surface area contributed by atoms with Crippen LogP contribution >= 0.6 is 27.7 Å². The summed E-state index contributed by atoms with van der Waals surface area (Å²) in [5.41, 5.74) is 1.15. The van der Waals surface area contributed by atoms with Crippen LogP contribution in [0.4, 0.5) is 0 Å². The Hall–Kier alpha value is -0.740. The van der Waals surface area contributed by atoms with Crippen LogP contribution < -0.4 is 0 Å². The number of thioether (sulfide) groups is 1. The molecule has 2 nitrogen and oxygen atoms in total. The van der Waals surface area contributed by atoms with Gasteiger partial charge in [0.2, 0.25) is 0 Å². The molecule has 1 heterocycles. The van der Waals surface area contributed by atoms with E-state index in [2.05, 4.69) is 44.5 Å². The van der Waals surface area contributed by atoms with Crippen LogP contribution in [0.25, 0.3) is 5.69 Å². The fourth-order valence-corrected chi connectivity index (χ4v) is 2.29. The molecule has 0 spiro atoms. The Morgan fingerprint density at radius 1 is 1.33 bits per heavy atom. The Bertz CT molecular complexity index is 436. The topological polar surface area (TPSA) is 17.8 Å². The van der Waals surface area contributed by atoms with Crippen molar-refractivity contribution in [1.29, 1.82) is 0 Å². The average molecular weight is 283 g/mol. The molecule has 15 heavy (non-hydrogen) atoms. The van der Waals surface area contributed by atoms with E-state index in [1.165, 1.54) is 0 Å². The maximum absolute atomic E-state index is 4.32. The maximum atomic E-state index is 4.32. The molecule has 0 fully saturated rings. The zero-order valence-corrected chi connectivity index (χ0v) is 10.8. The normalized spacial score (nSPS) is 10.5. The highest BCUT2D eigenvalue weighted by atomic mass is 79.9. The highest BCUT2D eigenvalue weighted by Crippen LogP contribution is 2.21. The van der Waals surface area contributed by atoms with Gasteiger partial charge in [-0.15, -0.1) is 0 Å². The second-order valence-corrected chi connectivity index (χ2v) is 5.14. The van der Waals surface area contributed by atoms with Crippen molar-refractivity contribution in [2.24, 2.45) is 0 Å². The summed E-state index contributed by atoms with van der Waals surface area (Å²) in [5.74, 6) is 1.04. The molecule has 2 aromatic rings. The van der Waals surface area contributed by atoms with Crippen LogP contribution in [-0.4, -0.2) is 15.3 Å². The lowest BCUT2D eigenvalue weighted by Gasteiger charge is -2.06. The van der Waals surface area contributed by atoms with Gasteiger partial charge in [-0.2, -0.15) is 0 Å². The van der Waals surface area contributed by atoms with Crippen molar-refractivity contribution in [2.45, 2.75) is 12.1 Å². The lowest BCUT2D eigenvalue weighted by atomic mass is 10.3. The van der Waals surface area contributed by atoms with Crippen molar-refractivity contribution in [3.8, 4) is 5.69 Å². The molecule has 1 aromatic carbocycles. The summed E-state index contributed by atoms with van der Waals surface area (Å²) in [5, 5.41) is 1.04. The summed E-state index contributed by atoms with van der Waals surface area (Å²) >= 11 is 5.18. The molecular weight excluding hydrogens is 272 g/mol. The van der Waals surface area contributed by atoms with Gasteiger partial charge < -0.3 is 0 Å². The molecule has 0 saturated heterocycles. The highest BCUT2D eigenvalue weighted by Gasteiger charge is 2.03. The van der Waals surface area contributed by atoms with E-state index in [1.54, 1.807) is 11.8 Å². The molecule has 0 aliphatic rings. The van der Waals surface area contributed by atoms with Crippen LogP contribution in [0.15, 0.2) is 46.3 Å². The van der Waals surface area contributed by atoms with Gasteiger partial charge in [0.15, 0.2) is 5.16 Å². The summed E-state index contributed by atoms with van der Waals surface area (Å²) in [6.07, 6.45) is 3.82. The molecule has 0 amide bonds. The summed E-state index contributed by atoms with van der Waals surface area (Å²) in [4.78, 5) is 4.32. The first-order valence-corrected chi connectivity index (χ1v) is 6.51. The summed E-state index contributed by atoms with van der Waals surface area (Å²) < 4.78 is 3.19. The zero-order valence-electron chi connectivity index (χ0n) is 8.35. The van der Waals surface area contributed by atoms with E-state index < -0.39 is 0 Å². The standard InChI is InChI=1S/C11H11BrN2S/c1-2-15-11-13-7-8-14(11)10-5-3-9(12)4-6-10/h3-8H,2H2,1H3. The number of halogens is 1. The van der Waals surface area contributed by atoms with Gasteiger partial charge in [0.05, 0.1) is 0 Å². The Morgan fingerprint density at radius 2 is 2.07 bits per heavy atom. The van der Waals surface area contributed by atoms with Gasteiger partial charge >= 0.3 is 0 Å². The molecule has 4 heteroatoms. The molecule has 0 radical (unpaired) electrons. The summed E-state index contributed by atoms with van der Waals surface area (Å²) in [7, 11) is 0. The molecule has 1 aromatic heterocycles. The zero-order chi connectivity index (χ0) is 10.7. The van der Waals surface area contributed by atoms with Crippen LogP contribution in [0.1, 0.15) is 6.92 Å². The molecule has 0 atom stereocenters. The van der Waals surface area contributed by atoms with E-state index in [-0.39, 0.29) is 0 Å². The van der Waals surface area contributed by atoms with Crippen molar-refractivity contribution in [3.05, 3.63) is 41.1 Å². The van der Waals surface area contributed by atoms with Crippen LogP contribution in [0.3, 0.4) is 0 Å². The van der Waals surface area contributed by atoms with E-state index in [9.17, 15) is 0 Å². The number of rotatable bonds is 3. The molecule has 2 rings (SSSR count). The van der Waals surface area contributed by atoms with E-state index in [1.807, 2.05) is 24.5 Å². The lowest BCUT2D eigenvalue weighted by Crippen LogP contribution is -1.94. The SMILES string of the molecule is CCSc1nccn1-c1ccc(Br)cc1. The minimum atomic E-state index is 1.04. The number of hydrogen-bond donors (Lipinski definition) is 0. The number of aromatic nitrogens is 2. The van der Waals surface area contributed by atoms with Crippen molar-refractivity contribution in [3.63, 3.8) is 0 Å². The van der Waals surface area contributed by atoms with Gasteiger partial charge in [-0.05, 0) is 30.0 Å². The summed E-state index contributed by atoms with van der Waals surface area (Å²) in [6, 6.07) is 8.22. The smallest absolute Gasteiger partial charge is 0.172 e. The van der Waals surface area contributed by atoms with Crippen molar-refractivity contribution < 1.29 is 0 Å². The average Bonchev–Trinajstić information content (AvgIpc) is 2.68. The third-order valence-electron chi connectivity index (χ3n) is 1.99. The third kappa shape index (κ3) is 2.44. The molecule has 0 saturated carbocycles. The number of nitrogens with zero attached hydrogens (tertiary/aromatic N) is 2. The van der Waals surface area contributed by atoms with Gasteiger partial charge in [0.25, 0.3) is 0 Å². The largest absolute Gasteiger partial charge is 0.295 e. The van der Waals surface area contributed by atoms with Gasteiger partial charge in [0, 0.05) is 22.6 Å². The Morgan fingerprint density at radius 3 is 2.73 bits per heavy atom. The fourth-order valence-electron chi connectivity index (χ4n) is 1.32. The number of hydrogen-bond acceptors (Lipinski definition) is 2. The Balaban J connectivity index is 2.36. The second kappa shape index (κ2) is 4.86. The Labute approximate surface area is 102 Å². The van der Waals surface area contributed by atoms with Gasteiger partial charge in [-0.3, -0.25) is 4.57 Å².